The van der Waals surface area contributed by atoms with Crippen LogP contribution in [0.4, 0.5) is 11.4 Å². The van der Waals surface area contributed by atoms with Crippen molar-refractivity contribution in [2.24, 2.45) is 0 Å². The highest BCUT2D eigenvalue weighted by Crippen LogP contribution is 2.35. The van der Waals surface area contributed by atoms with E-state index >= 15 is 0 Å². The van der Waals surface area contributed by atoms with Gasteiger partial charge < -0.3 is 11.1 Å². The number of nitrogen functional groups attached to an aromatic ring is 1. The smallest absolute Gasteiger partial charge is 0.267 e. The van der Waals surface area contributed by atoms with Crippen molar-refractivity contribution < 1.29 is 4.79 Å². The number of carbonyl (C=O) groups is 1. The topological polar surface area (TPSA) is 80.9 Å². The predicted octanol–water partition coefficient (Wildman–Crippen LogP) is 5.15. The lowest BCUT2D eigenvalue weighted by Crippen LogP contribution is -2.12. The number of aromatic nitrogens is 2. The molecule has 1 aromatic carbocycles. The van der Waals surface area contributed by atoms with E-state index in [9.17, 15) is 4.79 Å². The number of nitrogens with two attached hydrogens (primary N) is 1. The van der Waals surface area contributed by atoms with Crippen LogP contribution in [0.3, 0.4) is 0 Å². The SMILES string of the molecule is Cc1ccc(Cl)cc1NC(=O)c1sc2nc(-c3ccncc3)ccc2c1N. The van der Waals surface area contributed by atoms with Gasteiger partial charge in [-0.25, -0.2) is 4.98 Å². The van der Waals surface area contributed by atoms with Gasteiger partial charge in [0, 0.05) is 34.1 Å². The third-order valence-corrected chi connectivity index (χ3v) is 5.57. The van der Waals surface area contributed by atoms with E-state index in [0.29, 0.717) is 21.3 Å². The summed E-state index contributed by atoms with van der Waals surface area (Å²) in [6.45, 7) is 1.91. The number of rotatable bonds is 3. The van der Waals surface area contributed by atoms with Gasteiger partial charge >= 0.3 is 0 Å². The maximum absolute atomic E-state index is 12.8. The van der Waals surface area contributed by atoms with Gasteiger partial charge in [0.25, 0.3) is 5.91 Å². The maximum atomic E-state index is 12.8. The van der Waals surface area contributed by atoms with Gasteiger partial charge in [-0.2, -0.15) is 0 Å². The molecule has 4 aromatic rings. The largest absolute Gasteiger partial charge is 0.397 e. The lowest BCUT2D eigenvalue weighted by Gasteiger charge is -2.08. The predicted molar refractivity (Wildman–Crippen MR) is 111 cm³/mol. The van der Waals surface area contributed by atoms with E-state index in [1.165, 1.54) is 11.3 Å². The minimum absolute atomic E-state index is 0.272. The Labute approximate surface area is 164 Å². The van der Waals surface area contributed by atoms with Crippen molar-refractivity contribution in [1.82, 2.24) is 9.97 Å². The lowest BCUT2D eigenvalue weighted by atomic mass is 10.1. The summed E-state index contributed by atoms with van der Waals surface area (Å²) in [4.78, 5) is 22.6. The first-order valence-corrected chi connectivity index (χ1v) is 9.39. The van der Waals surface area contributed by atoms with Crippen molar-refractivity contribution in [2.45, 2.75) is 6.92 Å². The molecule has 134 valence electrons. The maximum Gasteiger partial charge on any atom is 0.267 e. The van der Waals surface area contributed by atoms with Crippen LogP contribution < -0.4 is 11.1 Å². The number of aryl methyl sites for hydroxylation is 1. The number of hydrogen-bond acceptors (Lipinski definition) is 5. The zero-order valence-corrected chi connectivity index (χ0v) is 15.9. The van der Waals surface area contributed by atoms with E-state index in [0.717, 1.165) is 27.0 Å². The fourth-order valence-electron chi connectivity index (χ4n) is 2.76. The van der Waals surface area contributed by atoms with Crippen molar-refractivity contribution in [3.8, 4) is 11.3 Å². The normalized spacial score (nSPS) is 10.9. The first kappa shape index (κ1) is 17.5. The van der Waals surface area contributed by atoms with Gasteiger partial charge in [-0.3, -0.25) is 9.78 Å². The number of fused-ring (bicyclic) bond motifs is 1. The molecule has 0 atom stereocenters. The number of nitrogens with one attached hydrogen (secondary N) is 1. The molecule has 0 radical (unpaired) electrons. The number of amides is 1. The molecule has 0 aliphatic rings. The minimum atomic E-state index is -0.272. The molecule has 3 heterocycles. The quantitative estimate of drug-likeness (QED) is 0.503. The molecular weight excluding hydrogens is 380 g/mol. The first-order valence-electron chi connectivity index (χ1n) is 8.20. The Kier molecular flexibility index (Phi) is 4.51. The monoisotopic (exact) mass is 394 g/mol. The number of benzene rings is 1. The number of pyridine rings is 2. The van der Waals surface area contributed by atoms with Crippen molar-refractivity contribution >= 4 is 50.4 Å². The number of carbonyl (C=O) groups excluding carboxylic acids is 1. The Hall–Kier alpha value is -2.96. The highest BCUT2D eigenvalue weighted by Gasteiger charge is 2.18. The summed E-state index contributed by atoms with van der Waals surface area (Å²) in [5, 5.41) is 4.21. The molecule has 4 rings (SSSR count). The minimum Gasteiger partial charge on any atom is -0.397 e. The van der Waals surface area contributed by atoms with Crippen molar-refractivity contribution in [1.29, 1.82) is 0 Å². The summed E-state index contributed by atoms with van der Waals surface area (Å²) in [5.74, 6) is -0.272. The molecule has 3 aromatic heterocycles. The lowest BCUT2D eigenvalue weighted by molar-refractivity contribution is 0.103. The number of nitrogens with zero attached hydrogens (tertiary/aromatic N) is 2. The average Bonchev–Trinajstić information content (AvgIpc) is 3.01. The highest BCUT2D eigenvalue weighted by molar-refractivity contribution is 7.21. The van der Waals surface area contributed by atoms with Crippen LogP contribution in [0.5, 0.6) is 0 Å². The number of hydrogen-bond donors (Lipinski definition) is 2. The third kappa shape index (κ3) is 3.37. The average molecular weight is 395 g/mol. The zero-order chi connectivity index (χ0) is 19.0. The summed E-state index contributed by atoms with van der Waals surface area (Å²) < 4.78 is 0. The molecule has 0 saturated heterocycles. The molecule has 0 aliphatic carbocycles. The second kappa shape index (κ2) is 6.98. The summed E-state index contributed by atoms with van der Waals surface area (Å²) in [6.07, 6.45) is 3.44. The molecule has 0 fully saturated rings. The fourth-order valence-corrected chi connectivity index (χ4v) is 3.92. The van der Waals surface area contributed by atoms with Gasteiger partial charge in [0.2, 0.25) is 0 Å². The van der Waals surface area contributed by atoms with Crippen LogP contribution in [0.25, 0.3) is 21.5 Å². The summed E-state index contributed by atoms with van der Waals surface area (Å²) in [7, 11) is 0. The molecule has 3 N–H and O–H groups in total. The van der Waals surface area contributed by atoms with Crippen LogP contribution in [-0.4, -0.2) is 15.9 Å². The zero-order valence-electron chi connectivity index (χ0n) is 14.4. The second-order valence-corrected chi connectivity index (χ2v) is 7.48. The molecular formula is C20H15ClN4OS. The van der Waals surface area contributed by atoms with Crippen LogP contribution in [0.2, 0.25) is 5.02 Å². The molecule has 27 heavy (non-hydrogen) atoms. The molecule has 5 nitrogen and oxygen atoms in total. The summed E-state index contributed by atoms with van der Waals surface area (Å²) in [6, 6.07) is 12.9. The van der Waals surface area contributed by atoms with E-state index in [1.807, 2.05) is 37.3 Å². The number of halogens is 1. The number of anilines is 2. The molecule has 0 bridgehead atoms. The Balaban J connectivity index is 1.70. The van der Waals surface area contributed by atoms with Gasteiger partial charge in [0.15, 0.2) is 0 Å². The Bertz CT molecular complexity index is 1160. The van der Waals surface area contributed by atoms with Crippen LogP contribution in [0.1, 0.15) is 15.2 Å². The molecule has 7 heteroatoms. The van der Waals surface area contributed by atoms with E-state index in [1.54, 1.807) is 24.5 Å². The Morgan fingerprint density at radius 2 is 1.93 bits per heavy atom. The van der Waals surface area contributed by atoms with E-state index in [2.05, 4.69) is 15.3 Å². The van der Waals surface area contributed by atoms with E-state index in [-0.39, 0.29) is 5.91 Å². The first-order chi connectivity index (χ1) is 13.0. The van der Waals surface area contributed by atoms with Gasteiger partial charge in [0.05, 0.1) is 11.4 Å². The number of thiophene rings is 1. The Morgan fingerprint density at radius 1 is 1.15 bits per heavy atom. The van der Waals surface area contributed by atoms with Gasteiger partial charge in [-0.15, -0.1) is 11.3 Å². The molecule has 0 spiro atoms. The second-order valence-electron chi connectivity index (χ2n) is 6.04. The van der Waals surface area contributed by atoms with Crippen LogP contribution in [-0.2, 0) is 0 Å². The Morgan fingerprint density at radius 3 is 2.70 bits per heavy atom. The standard InChI is InChI=1S/C20H15ClN4OS/c1-11-2-3-13(21)10-16(11)24-19(26)18-17(22)14-4-5-15(25-20(14)27-18)12-6-8-23-9-7-12/h2-10H,22H2,1H3,(H,24,26). The van der Waals surface area contributed by atoms with Gasteiger partial charge in [0.1, 0.15) is 9.71 Å². The summed E-state index contributed by atoms with van der Waals surface area (Å²) in [5.41, 5.74) is 10.0. The van der Waals surface area contributed by atoms with Crippen LogP contribution in [0.15, 0.2) is 54.9 Å². The highest BCUT2D eigenvalue weighted by atomic mass is 35.5. The molecule has 1 amide bonds. The van der Waals surface area contributed by atoms with Gasteiger partial charge in [-0.1, -0.05) is 17.7 Å². The van der Waals surface area contributed by atoms with Crippen molar-refractivity contribution in [3.63, 3.8) is 0 Å². The molecule has 0 unspecified atom stereocenters. The third-order valence-electron chi connectivity index (χ3n) is 4.22. The molecule has 0 aliphatic heterocycles. The fraction of sp³-hybridized carbons (Fsp3) is 0.0500. The molecule has 0 saturated carbocycles. The van der Waals surface area contributed by atoms with Crippen LogP contribution >= 0.6 is 22.9 Å². The van der Waals surface area contributed by atoms with Crippen LogP contribution in [0, 0.1) is 6.92 Å². The van der Waals surface area contributed by atoms with Crippen molar-refractivity contribution in [3.05, 3.63) is 70.3 Å². The van der Waals surface area contributed by atoms with Gasteiger partial charge in [-0.05, 0) is 48.9 Å². The van der Waals surface area contributed by atoms with Crippen molar-refractivity contribution in [2.75, 3.05) is 11.1 Å². The summed E-state index contributed by atoms with van der Waals surface area (Å²) >= 11 is 7.30. The van der Waals surface area contributed by atoms with E-state index < -0.39 is 0 Å². The van der Waals surface area contributed by atoms with E-state index in [4.69, 9.17) is 17.3 Å².